The van der Waals surface area contributed by atoms with Crippen LogP contribution in [0.2, 0.25) is 0 Å². The van der Waals surface area contributed by atoms with Gasteiger partial charge in [-0.15, -0.1) is 0 Å². The largest absolute Gasteiger partial charge is 0.0810 e. The highest BCUT2D eigenvalue weighted by molar-refractivity contribution is 7.37. The summed E-state index contributed by atoms with van der Waals surface area (Å²) in [7, 11) is 1.74. The molecule has 0 aromatic heterocycles. The van der Waals surface area contributed by atoms with Gasteiger partial charge in [0.25, 0.3) is 0 Å². The fraction of sp³-hybridized carbons (Fsp3) is 1.00. The van der Waals surface area contributed by atoms with Crippen LogP contribution in [0.4, 0.5) is 0 Å². The first-order chi connectivity index (χ1) is 20.4. The highest BCUT2D eigenvalue weighted by atomic mass is 31.1. The molecule has 0 aliphatic heterocycles. The van der Waals surface area contributed by atoms with Gasteiger partial charge in [-0.25, -0.2) is 0 Å². The first kappa shape index (κ1) is 41.4. The zero-order valence-corrected chi connectivity index (χ0v) is 30.2. The summed E-state index contributed by atoms with van der Waals surface area (Å²) in [4.78, 5) is 0. The Morgan fingerprint density at radius 2 is 0.341 bits per heavy atom. The Balaban J connectivity index is 3.02. The van der Waals surface area contributed by atoms with E-state index in [1.54, 1.807) is 8.58 Å². The molecule has 0 aliphatic rings. The van der Waals surface area contributed by atoms with Crippen LogP contribution in [0.25, 0.3) is 0 Å². The molecular weight excluding hydrogens is 511 g/mol. The molecule has 0 aromatic carbocycles. The van der Waals surface area contributed by atoms with Crippen LogP contribution in [0, 0.1) is 0 Å². The van der Waals surface area contributed by atoms with Crippen molar-refractivity contribution in [3.05, 3.63) is 0 Å². The molecule has 0 bridgehead atoms. The average Bonchev–Trinajstić information content (AvgIpc) is 2.98. The molecule has 0 saturated carbocycles. The van der Waals surface area contributed by atoms with Crippen LogP contribution < -0.4 is 0 Å². The maximum absolute atomic E-state index is 2.31. The van der Waals surface area contributed by atoms with Gasteiger partial charge in [0.15, 0.2) is 0 Å². The van der Waals surface area contributed by atoms with Crippen LogP contribution in [-0.2, 0) is 0 Å². The quantitative estimate of drug-likeness (QED) is 0.0493. The Labute approximate surface area is 265 Å². The SMILES string of the molecule is CCCCCCCCCCCCCCCCCCCC[P]CCCCCCCCCCCCCCCCCCCC. The molecule has 0 heterocycles. The topological polar surface area (TPSA) is 0 Å². The lowest BCUT2D eigenvalue weighted by Crippen LogP contribution is -1.86. The van der Waals surface area contributed by atoms with Crippen molar-refractivity contribution in [2.24, 2.45) is 0 Å². The van der Waals surface area contributed by atoms with Crippen LogP contribution in [0.1, 0.15) is 245 Å². The van der Waals surface area contributed by atoms with E-state index in [-0.39, 0.29) is 0 Å². The van der Waals surface area contributed by atoms with Crippen molar-refractivity contribution in [3.8, 4) is 0 Å². The maximum atomic E-state index is 2.31. The van der Waals surface area contributed by atoms with Crippen molar-refractivity contribution in [2.75, 3.05) is 12.3 Å². The average molecular weight is 594 g/mol. The van der Waals surface area contributed by atoms with Crippen molar-refractivity contribution in [1.82, 2.24) is 0 Å². The van der Waals surface area contributed by atoms with Gasteiger partial charge in [0.2, 0.25) is 0 Å². The first-order valence-corrected chi connectivity index (χ1v) is 21.3. The Kier molecular flexibility index (Phi) is 40.9. The van der Waals surface area contributed by atoms with E-state index in [4.69, 9.17) is 0 Å². The van der Waals surface area contributed by atoms with Crippen LogP contribution in [0.15, 0.2) is 0 Å². The molecule has 0 atom stereocenters. The monoisotopic (exact) mass is 594 g/mol. The lowest BCUT2D eigenvalue weighted by atomic mass is 10.0. The summed E-state index contributed by atoms with van der Waals surface area (Å²) in [6.45, 7) is 4.62. The fourth-order valence-corrected chi connectivity index (χ4v) is 7.48. The standard InChI is InChI=1S/C40H82P/c1-3-5-7-9-11-13-15-17-19-21-23-25-27-29-31-33-35-37-39-41-40-38-36-34-32-30-28-26-24-22-20-18-16-14-12-10-8-6-4-2/h3-40H2,1-2H3. The molecule has 0 saturated heterocycles. The van der Waals surface area contributed by atoms with E-state index in [2.05, 4.69) is 13.8 Å². The summed E-state index contributed by atoms with van der Waals surface area (Å²) in [5.41, 5.74) is 0. The van der Waals surface area contributed by atoms with Crippen molar-refractivity contribution in [2.45, 2.75) is 245 Å². The Hall–Kier alpha value is 0.430. The highest BCUT2D eigenvalue weighted by Crippen LogP contribution is 2.19. The zero-order chi connectivity index (χ0) is 29.6. The minimum atomic E-state index is 1.37. The molecule has 0 aliphatic carbocycles. The van der Waals surface area contributed by atoms with Crippen molar-refractivity contribution < 1.29 is 0 Å². The molecule has 0 amide bonds. The number of hydrogen-bond acceptors (Lipinski definition) is 0. The Bertz CT molecular complexity index is 381. The molecule has 0 N–H and O–H groups in total. The maximum Gasteiger partial charge on any atom is -0.0287 e. The third-order valence-corrected chi connectivity index (χ3v) is 10.6. The molecule has 0 rings (SSSR count). The minimum Gasteiger partial charge on any atom is -0.0810 e. The van der Waals surface area contributed by atoms with Gasteiger partial charge in [0, 0.05) is 0 Å². The Morgan fingerprint density at radius 3 is 0.512 bits per heavy atom. The zero-order valence-electron chi connectivity index (χ0n) is 29.3. The van der Waals surface area contributed by atoms with Crippen LogP contribution in [0.5, 0.6) is 0 Å². The molecule has 0 aromatic rings. The summed E-state index contributed by atoms with van der Waals surface area (Å²) in [5, 5.41) is 0. The molecule has 0 unspecified atom stereocenters. The second-order valence-corrected chi connectivity index (χ2v) is 15.0. The van der Waals surface area contributed by atoms with Gasteiger partial charge in [-0.05, 0) is 25.2 Å². The van der Waals surface area contributed by atoms with E-state index in [1.165, 1.54) is 243 Å². The highest BCUT2D eigenvalue weighted by Gasteiger charge is 1.98. The van der Waals surface area contributed by atoms with Crippen LogP contribution >= 0.6 is 8.58 Å². The van der Waals surface area contributed by atoms with Crippen molar-refractivity contribution in [3.63, 3.8) is 0 Å². The van der Waals surface area contributed by atoms with E-state index in [9.17, 15) is 0 Å². The predicted octanol–water partition coefficient (Wildman–Crippen LogP) is 16.0. The van der Waals surface area contributed by atoms with Crippen molar-refractivity contribution in [1.29, 1.82) is 0 Å². The number of unbranched alkanes of at least 4 members (excludes halogenated alkanes) is 34. The van der Waals surface area contributed by atoms with Gasteiger partial charge < -0.3 is 0 Å². The normalized spacial score (nSPS) is 11.6. The van der Waals surface area contributed by atoms with E-state index < -0.39 is 0 Å². The smallest absolute Gasteiger partial charge is 0.0287 e. The third-order valence-electron chi connectivity index (χ3n) is 9.34. The molecule has 0 fully saturated rings. The van der Waals surface area contributed by atoms with E-state index >= 15 is 0 Å². The second-order valence-electron chi connectivity index (χ2n) is 13.7. The minimum absolute atomic E-state index is 1.37. The third kappa shape index (κ3) is 40.4. The fourth-order valence-electron chi connectivity index (χ4n) is 6.36. The molecule has 41 heavy (non-hydrogen) atoms. The van der Waals surface area contributed by atoms with E-state index in [1.807, 2.05) is 0 Å². The molecular formula is C40H82P. The van der Waals surface area contributed by atoms with E-state index in [0.717, 1.165) is 0 Å². The van der Waals surface area contributed by atoms with Gasteiger partial charge in [-0.3, -0.25) is 0 Å². The predicted molar refractivity (Wildman–Crippen MR) is 194 cm³/mol. The first-order valence-electron chi connectivity index (χ1n) is 20.0. The van der Waals surface area contributed by atoms with Crippen molar-refractivity contribution >= 4 is 8.58 Å². The van der Waals surface area contributed by atoms with Crippen LogP contribution in [-0.4, -0.2) is 12.3 Å². The van der Waals surface area contributed by atoms with Gasteiger partial charge in [-0.2, -0.15) is 0 Å². The Morgan fingerprint density at radius 1 is 0.195 bits per heavy atom. The number of hydrogen-bond donors (Lipinski definition) is 0. The molecule has 247 valence electrons. The summed E-state index contributed by atoms with van der Waals surface area (Å²) < 4.78 is 0. The molecule has 0 spiro atoms. The summed E-state index contributed by atoms with van der Waals surface area (Å²) in [6, 6.07) is 0. The van der Waals surface area contributed by atoms with Gasteiger partial charge in [0.05, 0.1) is 0 Å². The van der Waals surface area contributed by atoms with Gasteiger partial charge in [0.1, 0.15) is 0 Å². The van der Waals surface area contributed by atoms with E-state index in [0.29, 0.717) is 0 Å². The molecule has 1 heteroatoms. The summed E-state index contributed by atoms with van der Waals surface area (Å²) in [6.07, 6.45) is 56.2. The van der Waals surface area contributed by atoms with Gasteiger partial charge in [-0.1, -0.05) is 241 Å². The van der Waals surface area contributed by atoms with Gasteiger partial charge >= 0.3 is 0 Å². The molecule has 1 radical (unpaired) electrons. The number of rotatable bonds is 38. The summed E-state index contributed by atoms with van der Waals surface area (Å²) >= 11 is 0. The second kappa shape index (κ2) is 40.4. The lowest BCUT2D eigenvalue weighted by Gasteiger charge is -2.05. The lowest BCUT2D eigenvalue weighted by molar-refractivity contribution is 0.526. The van der Waals surface area contributed by atoms with Crippen LogP contribution in [0.3, 0.4) is 0 Å². The molecule has 0 nitrogen and oxygen atoms in total. The summed E-state index contributed by atoms with van der Waals surface area (Å²) in [5.74, 6) is 0.